The number of nitrogens with zero attached hydrogens (tertiary/aromatic N) is 2. The fraction of sp³-hybridized carbons (Fsp3) is 0.222. The van der Waals surface area contributed by atoms with E-state index in [4.69, 9.17) is 14.2 Å². The SMILES string of the molecule is CCOc1c(OC)cc(/C=N\Nc2nc3ccccc3s2)cc1OC. The number of anilines is 1. The number of ether oxygens (including phenoxy) is 3. The van der Waals surface area contributed by atoms with Crippen LogP contribution in [0.3, 0.4) is 0 Å². The Hall–Kier alpha value is -2.80. The first-order valence-corrected chi connectivity index (χ1v) is 8.60. The highest BCUT2D eigenvalue weighted by atomic mass is 32.1. The Labute approximate surface area is 150 Å². The van der Waals surface area contributed by atoms with Crippen LogP contribution in [-0.2, 0) is 0 Å². The first kappa shape index (κ1) is 17.0. The second-order valence-electron chi connectivity index (χ2n) is 5.04. The molecule has 3 aromatic rings. The summed E-state index contributed by atoms with van der Waals surface area (Å²) in [6.45, 7) is 2.44. The normalized spacial score (nSPS) is 11.0. The quantitative estimate of drug-likeness (QED) is 0.508. The Morgan fingerprint density at radius 3 is 2.52 bits per heavy atom. The minimum Gasteiger partial charge on any atom is -0.493 e. The van der Waals surface area contributed by atoms with Gasteiger partial charge in [-0.1, -0.05) is 23.5 Å². The van der Waals surface area contributed by atoms with E-state index < -0.39 is 0 Å². The van der Waals surface area contributed by atoms with Gasteiger partial charge in [0.15, 0.2) is 11.5 Å². The molecule has 0 aliphatic heterocycles. The standard InChI is InChI=1S/C18H19N3O3S/c1-4-24-17-14(22-2)9-12(10-15(17)23-3)11-19-21-18-20-13-7-5-6-8-16(13)25-18/h5-11H,4H2,1-3H3,(H,20,21)/b19-11-. The lowest BCUT2D eigenvalue weighted by atomic mass is 10.2. The summed E-state index contributed by atoms with van der Waals surface area (Å²) < 4.78 is 17.5. The van der Waals surface area contributed by atoms with Gasteiger partial charge in [-0.15, -0.1) is 0 Å². The molecule has 0 fully saturated rings. The summed E-state index contributed by atoms with van der Waals surface area (Å²) in [5.74, 6) is 1.79. The smallest absolute Gasteiger partial charge is 0.204 e. The van der Waals surface area contributed by atoms with Crippen LogP contribution in [0.2, 0.25) is 0 Å². The fourth-order valence-electron chi connectivity index (χ4n) is 2.34. The molecule has 0 bridgehead atoms. The molecule has 0 saturated heterocycles. The van der Waals surface area contributed by atoms with Crippen molar-refractivity contribution in [3.05, 3.63) is 42.0 Å². The van der Waals surface area contributed by atoms with Crippen LogP contribution < -0.4 is 19.6 Å². The van der Waals surface area contributed by atoms with E-state index >= 15 is 0 Å². The molecule has 1 heterocycles. The average Bonchev–Trinajstić information content (AvgIpc) is 3.05. The summed E-state index contributed by atoms with van der Waals surface area (Å²) in [4.78, 5) is 4.47. The molecule has 0 spiro atoms. The summed E-state index contributed by atoms with van der Waals surface area (Å²) in [5, 5.41) is 4.99. The number of hydrazone groups is 1. The van der Waals surface area contributed by atoms with Crippen LogP contribution in [0, 0.1) is 0 Å². The highest BCUT2D eigenvalue weighted by molar-refractivity contribution is 7.22. The Bertz CT molecular complexity index is 834. The fourth-order valence-corrected chi connectivity index (χ4v) is 3.16. The van der Waals surface area contributed by atoms with Crippen molar-refractivity contribution in [2.24, 2.45) is 5.10 Å². The van der Waals surface area contributed by atoms with E-state index in [2.05, 4.69) is 15.5 Å². The van der Waals surface area contributed by atoms with E-state index in [-0.39, 0.29) is 0 Å². The molecule has 0 radical (unpaired) electrons. The number of fused-ring (bicyclic) bond motifs is 1. The Balaban J connectivity index is 1.80. The maximum atomic E-state index is 5.59. The predicted octanol–water partition coefficient (Wildman–Crippen LogP) is 4.16. The van der Waals surface area contributed by atoms with Crippen molar-refractivity contribution in [3.63, 3.8) is 0 Å². The van der Waals surface area contributed by atoms with Crippen LogP contribution in [0.5, 0.6) is 17.2 Å². The van der Waals surface area contributed by atoms with Gasteiger partial charge in [0.1, 0.15) is 0 Å². The third-order valence-electron chi connectivity index (χ3n) is 3.44. The number of hydrogen-bond acceptors (Lipinski definition) is 7. The highest BCUT2D eigenvalue weighted by Crippen LogP contribution is 2.38. The van der Waals surface area contributed by atoms with E-state index in [1.165, 1.54) is 0 Å². The molecule has 0 atom stereocenters. The molecule has 0 unspecified atom stereocenters. The van der Waals surface area contributed by atoms with Gasteiger partial charge in [0.2, 0.25) is 10.9 Å². The summed E-state index contributed by atoms with van der Waals surface area (Å²) in [5.41, 5.74) is 4.74. The first-order chi connectivity index (χ1) is 12.2. The molecule has 1 N–H and O–H groups in total. The molecule has 1 aromatic heterocycles. The number of rotatable bonds is 7. The van der Waals surface area contributed by atoms with E-state index in [1.54, 1.807) is 31.8 Å². The third-order valence-corrected chi connectivity index (χ3v) is 4.38. The molecule has 0 aliphatic rings. The molecular weight excluding hydrogens is 338 g/mol. The minimum atomic E-state index is 0.527. The van der Waals surface area contributed by atoms with E-state index in [0.29, 0.717) is 23.9 Å². The number of methoxy groups -OCH3 is 2. The maximum Gasteiger partial charge on any atom is 0.204 e. The van der Waals surface area contributed by atoms with E-state index in [0.717, 1.165) is 20.9 Å². The Morgan fingerprint density at radius 1 is 1.16 bits per heavy atom. The van der Waals surface area contributed by atoms with Gasteiger partial charge < -0.3 is 14.2 Å². The number of hydrogen-bond donors (Lipinski definition) is 1. The van der Waals surface area contributed by atoms with Crippen molar-refractivity contribution in [1.82, 2.24) is 4.98 Å². The van der Waals surface area contributed by atoms with Crippen molar-refractivity contribution in [2.75, 3.05) is 26.3 Å². The lowest BCUT2D eigenvalue weighted by molar-refractivity contribution is 0.288. The molecule has 0 aliphatic carbocycles. The van der Waals surface area contributed by atoms with Crippen molar-refractivity contribution in [3.8, 4) is 17.2 Å². The van der Waals surface area contributed by atoms with Gasteiger partial charge in [-0.3, -0.25) is 5.43 Å². The van der Waals surface area contributed by atoms with Gasteiger partial charge in [-0.25, -0.2) is 4.98 Å². The van der Waals surface area contributed by atoms with Gasteiger partial charge >= 0.3 is 0 Å². The summed E-state index contributed by atoms with van der Waals surface area (Å²) >= 11 is 1.55. The molecule has 2 aromatic carbocycles. The lowest BCUT2D eigenvalue weighted by Gasteiger charge is -2.14. The monoisotopic (exact) mass is 357 g/mol. The number of benzene rings is 2. The summed E-state index contributed by atoms with van der Waals surface area (Å²) in [7, 11) is 3.19. The van der Waals surface area contributed by atoms with Gasteiger partial charge in [-0.2, -0.15) is 5.10 Å². The average molecular weight is 357 g/mol. The van der Waals surface area contributed by atoms with Gasteiger partial charge in [0, 0.05) is 5.56 Å². The number of thiazole rings is 1. The molecule has 3 rings (SSSR count). The molecular formula is C18H19N3O3S. The predicted molar refractivity (Wildman–Crippen MR) is 102 cm³/mol. The maximum absolute atomic E-state index is 5.59. The lowest BCUT2D eigenvalue weighted by Crippen LogP contribution is -2.00. The second kappa shape index (κ2) is 7.85. The number of aromatic nitrogens is 1. The third kappa shape index (κ3) is 3.83. The van der Waals surface area contributed by atoms with Crippen LogP contribution in [0.15, 0.2) is 41.5 Å². The molecule has 0 amide bonds. The van der Waals surface area contributed by atoms with Crippen LogP contribution in [0.4, 0.5) is 5.13 Å². The van der Waals surface area contributed by atoms with Crippen LogP contribution in [-0.4, -0.2) is 32.0 Å². The second-order valence-corrected chi connectivity index (χ2v) is 6.07. The molecule has 6 nitrogen and oxygen atoms in total. The van der Waals surface area contributed by atoms with Crippen LogP contribution in [0.1, 0.15) is 12.5 Å². The summed E-state index contributed by atoms with van der Waals surface area (Å²) in [6, 6.07) is 11.7. The first-order valence-electron chi connectivity index (χ1n) is 7.78. The zero-order valence-corrected chi connectivity index (χ0v) is 15.1. The van der Waals surface area contributed by atoms with Crippen molar-refractivity contribution in [2.45, 2.75) is 6.92 Å². The zero-order valence-electron chi connectivity index (χ0n) is 14.3. The van der Waals surface area contributed by atoms with Gasteiger partial charge in [0.25, 0.3) is 0 Å². The van der Waals surface area contributed by atoms with Crippen LogP contribution >= 0.6 is 11.3 Å². The summed E-state index contributed by atoms with van der Waals surface area (Å²) in [6.07, 6.45) is 1.69. The highest BCUT2D eigenvalue weighted by Gasteiger charge is 2.13. The van der Waals surface area contributed by atoms with E-state index in [1.807, 2.05) is 43.3 Å². The Kier molecular flexibility index (Phi) is 5.35. The molecule has 25 heavy (non-hydrogen) atoms. The Morgan fingerprint density at radius 2 is 1.88 bits per heavy atom. The zero-order chi connectivity index (χ0) is 17.6. The van der Waals surface area contributed by atoms with Crippen molar-refractivity contribution in [1.29, 1.82) is 0 Å². The molecule has 7 heteroatoms. The van der Waals surface area contributed by atoms with Crippen molar-refractivity contribution >= 4 is 32.9 Å². The largest absolute Gasteiger partial charge is 0.493 e. The number of para-hydroxylation sites is 1. The van der Waals surface area contributed by atoms with E-state index in [9.17, 15) is 0 Å². The topological polar surface area (TPSA) is 65.0 Å². The van der Waals surface area contributed by atoms with Crippen LogP contribution in [0.25, 0.3) is 10.2 Å². The van der Waals surface area contributed by atoms with Gasteiger partial charge in [0.05, 0.1) is 37.3 Å². The molecule has 0 saturated carbocycles. The minimum absolute atomic E-state index is 0.527. The van der Waals surface area contributed by atoms with Gasteiger partial charge in [-0.05, 0) is 31.2 Å². The van der Waals surface area contributed by atoms with Crippen molar-refractivity contribution < 1.29 is 14.2 Å². The number of nitrogens with one attached hydrogen (secondary N) is 1. The molecule has 130 valence electrons.